The minimum atomic E-state index is 0.634. The number of aromatic nitrogens is 2. The first-order chi connectivity index (χ1) is 7.92. The molecule has 3 rings (SSSR count). The molecule has 1 N–H and O–H groups in total. The van der Waals surface area contributed by atoms with E-state index in [4.69, 9.17) is 0 Å². The molecule has 0 saturated carbocycles. The molecular formula is C11H13N3S2. The molecule has 0 amide bonds. The van der Waals surface area contributed by atoms with Crippen LogP contribution in [0.5, 0.6) is 0 Å². The van der Waals surface area contributed by atoms with Gasteiger partial charge in [0.15, 0.2) is 0 Å². The van der Waals surface area contributed by atoms with E-state index in [0.717, 1.165) is 24.4 Å². The second-order valence-electron chi connectivity index (χ2n) is 4.00. The van der Waals surface area contributed by atoms with Crippen molar-refractivity contribution in [2.75, 3.05) is 6.54 Å². The predicted molar refractivity (Wildman–Crippen MR) is 68.0 cm³/mol. The smallest absolute Gasteiger partial charge is 0.101 e. The minimum Gasteiger partial charge on any atom is -0.314 e. The predicted octanol–water partition coefficient (Wildman–Crippen LogP) is 2.56. The van der Waals surface area contributed by atoms with Crippen molar-refractivity contribution in [3.8, 4) is 11.4 Å². The number of nitrogens with zero attached hydrogens (tertiary/aromatic N) is 2. The maximum absolute atomic E-state index is 4.64. The molecule has 3 nitrogen and oxygen atoms in total. The number of hydrogen-bond donors (Lipinski definition) is 1. The Morgan fingerprint density at radius 3 is 3.12 bits per heavy atom. The molecule has 2 aromatic heterocycles. The van der Waals surface area contributed by atoms with Gasteiger partial charge in [-0.1, -0.05) is 0 Å². The number of thiazole rings is 2. The van der Waals surface area contributed by atoms with Crippen molar-refractivity contribution in [1.82, 2.24) is 15.3 Å². The number of rotatable bonds is 3. The van der Waals surface area contributed by atoms with Crippen LogP contribution in [-0.4, -0.2) is 22.6 Å². The first kappa shape index (κ1) is 10.4. The van der Waals surface area contributed by atoms with E-state index in [9.17, 15) is 0 Å². The van der Waals surface area contributed by atoms with E-state index >= 15 is 0 Å². The summed E-state index contributed by atoms with van der Waals surface area (Å²) in [5, 5.41) is 8.89. The highest BCUT2D eigenvalue weighted by Crippen LogP contribution is 2.23. The standard InChI is InChI=1S/C11H13N3S2/c1-2-8(12-3-1)4-11-14-10(6-16-11)9-5-15-7-13-9/h5-8,12H,1-4H2. The molecule has 3 heterocycles. The molecule has 1 fully saturated rings. The Morgan fingerprint density at radius 2 is 2.38 bits per heavy atom. The first-order valence-electron chi connectivity index (χ1n) is 5.48. The molecule has 1 aliphatic heterocycles. The van der Waals surface area contributed by atoms with Crippen molar-refractivity contribution in [3.63, 3.8) is 0 Å². The fraction of sp³-hybridized carbons (Fsp3) is 0.455. The summed E-state index contributed by atoms with van der Waals surface area (Å²) in [5.74, 6) is 0. The lowest BCUT2D eigenvalue weighted by atomic mass is 10.2. The van der Waals surface area contributed by atoms with Crippen LogP contribution in [-0.2, 0) is 6.42 Å². The SMILES string of the molecule is c1nc(-c2csc(CC3CCCN3)n2)cs1. The molecular weight excluding hydrogens is 238 g/mol. The second kappa shape index (κ2) is 4.61. The second-order valence-corrected chi connectivity index (χ2v) is 5.66. The van der Waals surface area contributed by atoms with Crippen molar-refractivity contribution in [1.29, 1.82) is 0 Å². The van der Waals surface area contributed by atoms with Gasteiger partial charge in [-0.15, -0.1) is 22.7 Å². The highest BCUT2D eigenvalue weighted by Gasteiger charge is 2.16. The van der Waals surface area contributed by atoms with Crippen LogP contribution in [0.15, 0.2) is 16.3 Å². The first-order valence-corrected chi connectivity index (χ1v) is 7.30. The highest BCUT2D eigenvalue weighted by atomic mass is 32.1. The Labute approximate surface area is 103 Å². The molecule has 1 unspecified atom stereocenters. The van der Waals surface area contributed by atoms with Crippen LogP contribution in [0.4, 0.5) is 0 Å². The molecule has 0 aliphatic carbocycles. The zero-order chi connectivity index (χ0) is 10.8. The van der Waals surface area contributed by atoms with E-state index in [0.29, 0.717) is 6.04 Å². The van der Waals surface area contributed by atoms with E-state index in [1.165, 1.54) is 17.8 Å². The number of hydrogen-bond acceptors (Lipinski definition) is 5. The average Bonchev–Trinajstić information content (AvgIpc) is 2.99. The van der Waals surface area contributed by atoms with Gasteiger partial charge in [0.25, 0.3) is 0 Å². The van der Waals surface area contributed by atoms with Crippen LogP contribution < -0.4 is 5.32 Å². The molecule has 0 aromatic carbocycles. The third-order valence-corrected chi connectivity index (χ3v) is 4.29. The van der Waals surface area contributed by atoms with Gasteiger partial charge in [-0.05, 0) is 19.4 Å². The monoisotopic (exact) mass is 251 g/mol. The Bertz CT molecular complexity index is 444. The summed E-state index contributed by atoms with van der Waals surface area (Å²) in [7, 11) is 0. The molecule has 84 valence electrons. The van der Waals surface area contributed by atoms with Gasteiger partial charge in [0.05, 0.1) is 10.5 Å². The van der Waals surface area contributed by atoms with E-state index in [1.807, 2.05) is 10.9 Å². The largest absolute Gasteiger partial charge is 0.314 e. The molecule has 16 heavy (non-hydrogen) atoms. The number of nitrogens with one attached hydrogen (secondary N) is 1. The topological polar surface area (TPSA) is 37.8 Å². The summed E-state index contributed by atoms with van der Waals surface area (Å²) < 4.78 is 0. The molecule has 0 radical (unpaired) electrons. The summed E-state index contributed by atoms with van der Waals surface area (Å²) in [6, 6.07) is 0.634. The van der Waals surface area contributed by atoms with Gasteiger partial charge < -0.3 is 5.32 Å². The Morgan fingerprint density at radius 1 is 1.38 bits per heavy atom. The van der Waals surface area contributed by atoms with Crippen LogP contribution in [0.2, 0.25) is 0 Å². The summed E-state index contributed by atoms with van der Waals surface area (Å²) in [5.41, 5.74) is 3.89. The summed E-state index contributed by atoms with van der Waals surface area (Å²) in [6.45, 7) is 1.16. The van der Waals surface area contributed by atoms with E-state index in [2.05, 4.69) is 20.7 Å². The molecule has 2 aromatic rings. The van der Waals surface area contributed by atoms with Gasteiger partial charge in [-0.2, -0.15) is 0 Å². The van der Waals surface area contributed by atoms with Gasteiger partial charge in [-0.25, -0.2) is 9.97 Å². The lowest BCUT2D eigenvalue weighted by Crippen LogP contribution is -2.23. The summed E-state index contributed by atoms with van der Waals surface area (Å²) in [4.78, 5) is 8.92. The summed E-state index contributed by atoms with van der Waals surface area (Å²) >= 11 is 3.37. The fourth-order valence-electron chi connectivity index (χ4n) is 2.00. The van der Waals surface area contributed by atoms with Gasteiger partial charge in [0.2, 0.25) is 0 Å². The van der Waals surface area contributed by atoms with Crippen LogP contribution >= 0.6 is 22.7 Å². The molecule has 5 heteroatoms. The third kappa shape index (κ3) is 2.16. The van der Waals surface area contributed by atoms with Gasteiger partial charge in [0, 0.05) is 23.2 Å². The Balaban J connectivity index is 1.72. The average molecular weight is 251 g/mol. The molecule has 0 spiro atoms. The van der Waals surface area contributed by atoms with Crippen molar-refractivity contribution < 1.29 is 0 Å². The summed E-state index contributed by atoms with van der Waals surface area (Å²) in [6.07, 6.45) is 3.65. The van der Waals surface area contributed by atoms with E-state index in [-0.39, 0.29) is 0 Å². The molecule has 1 saturated heterocycles. The highest BCUT2D eigenvalue weighted by molar-refractivity contribution is 7.10. The van der Waals surface area contributed by atoms with Gasteiger partial charge >= 0.3 is 0 Å². The third-order valence-electron chi connectivity index (χ3n) is 2.83. The Kier molecular flexibility index (Phi) is 2.99. The van der Waals surface area contributed by atoms with Crippen molar-refractivity contribution in [2.45, 2.75) is 25.3 Å². The van der Waals surface area contributed by atoms with E-state index in [1.54, 1.807) is 22.7 Å². The van der Waals surface area contributed by atoms with Crippen LogP contribution in [0, 0.1) is 0 Å². The lowest BCUT2D eigenvalue weighted by Gasteiger charge is -2.06. The van der Waals surface area contributed by atoms with Crippen LogP contribution in [0.1, 0.15) is 17.8 Å². The lowest BCUT2D eigenvalue weighted by molar-refractivity contribution is 0.601. The zero-order valence-electron chi connectivity index (χ0n) is 8.85. The minimum absolute atomic E-state index is 0.634. The van der Waals surface area contributed by atoms with E-state index < -0.39 is 0 Å². The molecule has 1 atom stereocenters. The van der Waals surface area contributed by atoms with Crippen LogP contribution in [0.3, 0.4) is 0 Å². The normalized spacial score (nSPS) is 20.4. The Hall–Kier alpha value is -0.780. The van der Waals surface area contributed by atoms with Gasteiger partial charge in [0.1, 0.15) is 11.4 Å². The van der Waals surface area contributed by atoms with Crippen molar-refractivity contribution in [2.24, 2.45) is 0 Å². The quantitative estimate of drug-likeness (QED) is 0.911. The molecule has 1 aliphatic rings. The zero-order valence-corrected chi connectivity index (χ0v) is 10.5. The van der Waals surface area contributed by atoms with Crippen molar-refractivity contribution in [3.05, 3.63) is 21.3 Å². The maximum Gasteiger partial charge on any atom is 0.101 e. The van der Waals surface area contributed by atoms with Crippen molar-refractivity contribution >= 4 is 22.7 Å². The van der Waals surface area contributed by atoms with Gasteiger partial charge in [-0.3, -0.25) is 0 Å². The maximum atomic E-state index is 4.64. The van der Waals surface area contributed by atoms with Crippen LogP contribution in [0.25, 0.3) is 11.4 Å². The fourth-order valence-corrected chi connectivity index (χ4v) is 3.42. The molecule has 0 bridgehead atoms.